The molecule has 0 aromatic carbocycles. The van der Waals surface area contributed by atoms with Crippen molar-refractivity contribution in [3.05, 3.63) is 29.6 Å². The molecule has 2 rings (SSSR count). The molecule has 0 fully saturated rings. The summed E-state index contributed by atoms with van der Waals surface area (Å²) in [6, 6.07) is 0.162. The Labute approximate surface area is 106 Å². The minimum atomic E-state index is 0.162. The first-order valence-electron chi connectivity index (χ1n) is 6.07. The van der Waals surface area contributed by atoms with Crippen LogP contribution in [-0.4, -0.2) is 30.8 Å². The molecule has 0 aliphatic heterocycles. The summed E-state index contributed by atoms with van der Waals surface area (Å²) < 4.78 is 1.64. The Morgan fingerprint density at radius 3 is 2.44 bits per heavy atom. The van der Waals surface area contributed by atoms with E-state index in [9.17, 15) is 0 Å². The average molecular weight is 246 g/mol. The van der Waals surface area contributed by atoms with Gasteiger partial charge in [0.25, 0.3) is 5.95 Å². The van der Waals surface area contributed by atoms with E-state index in [1.54, 1.807) is 17.1 Å². The minimum absolute atomic E-state index is 0.162. The molecule has 0 radical (unpaired) electrons. The van der Waals surface area contributed by atoms with Gasteiger partial charge in [0.05, 0.1) is 0 Å². The largest absolute Gasteiger partial charge is 0.327 e. The summed E-state index contributed by atoms with van der Waals surface area (Å²) in [5.41, 5.74) is 6.94. The van der Waals surface area contributed by atoms with E-state index in [0.29, 0.717) is 11.8 Å². The van der Waals surface area contributed by atoms with Crippen molar-refractivity contribution in [3.63, 3.8) is 0 Å². The fourth-order valence-electron chi connectivity index (χ4n) is 1.72. The first kappa shape index (κ1) is 12.6. The van der Waals surface area contributed by atoms with E-state index in [0.717, 1.165) is 24.2 Å². The molecule has 96 valence electrons. The second-order valence-electron chi connectivity index (χ2n) is 4.38. The van der Waals surface area contributed by atoms with Gasteiger partial charge in [0.1, 0.15) is 11.6 Å². The predicted octanol–water partition coefficient (Wildman–Crippen LogP) is 0.954. The van der Waals surface area contributed by atoms with Gasteiger partial charge >= 0.3 is 0 Å². The Hall–Kier alpha value is -1.82. The van der Waals surface area contributed by atoms with Crippen molar-refractivity contribution in [1.82, 2.24) is 24.7 Å². The third-order valence-corrected chi connectivity index (χ3v) is 2.78. The Bertz CT molecular complexity index is 516. The van der Waals surface area contributed by atoms with Gasteiger partial charge in [-0.2, -0.15) is 4.68 Å². The predicted molar refractivity (Wildman–Crippen MR) is 68.4 cm³/mol. The van der Waals surface area contributed by atoms with Crippen molar-refractivity contribution >= 4 is 0 Å². The number of hydrogen-bond acceptors (Lipinski definition) is 5. The molecular formula is C12H18N6. The van der Waals surface area contributed by atoms with E-state index in [4.69, 9.17) is 5.73 Å². The standard InChI is InChI=1S/C12H18N6/c1-4-11(13)5-10-6-14-12(15-7-10)18-9(3)16-8(2)17-18/h6-7,11H,4-5,13H2,1-3H3. The lowest BCUT2D eigenvalue weighted by Crippen LogP contribution is -2.21. The summed E-state index contributed by atoms with van der Waals surface area (Å²) in [5.74, 6) is 2.04. The highest BCUT2D eigenvalue weighted by molar-refractivity contribution is 5.16. The molecule has 0 aliphatic carbocycles. The van der Waals surface area contributed by atoms with E-state index in [-0.39, 0.29) is 6.04 Å². The zero-order valence-electron chi connectivity index (χ0n) is 11.0. The molecule has 0 bridgehead atoms. The smallest absolute Gasteiger partial charge is 0.252 e. The lowest BCUT2D eigenvalue weighted by Gasteiger charge is -2.08. The molecular weight excluding hydrogens is 228 g/mol. The maximum absolute atomic E-state index is 5.90. The molecule has 2 N–H and O–H groups in total. The van der Waals surface area contributed by atoms with Gasteiger partial charge in [0, 0.05) is 18.4 Å². The van der Waals surface area contributed by atoms with Crippen LogP contribution in [0.2, 0.25) is 0 Å². The summed E-state index contributed by atoms with van der Waals surface area (Å²) in [4.78, 5) is 12.8. The SMILES string of the molecule is CCC(N)Cc1cnc(-n2nc(C)nc2C)nc1. The van der Waals surface area contributed by atoms with E-state index < -0.39 is 0 Å². The number of nitrogens with zero attached hydrogens (tertiary/aromatic N) is 5. The van der Waals surface area contributed by atoms with Crippen molar-refractivity contribution in [3.8, 4) is 5.95 Å². The summed E-state index contributed by atoms with van der Waals surface area (Å²) in [5, 5.41) is 4.24. The van der Waals surface area contributed by atoms with Crippen LogP contribution in [0.25, 0.3) is 5.95 Å². The summed E-state index contributed by atoms with van der Waals surface area (Å²) >= 11 is 0. The van der Waals surface area contributed by atoms with Gasteiger partial charge in [-0.25, -0.2) is 15.0 Å². The zero-order chi connectivity index (χ0) is 13.1. The third kappa shape index (κ3) is 2.70. The summed E-state index contributed by atoms with van der Waals surface area (Å²) in [7, 11) is 0. The van der Waals surface area contributed by atoms with Crippen molar-refractivity contribution in [2.24, 2.45) is 5.73 Å². The topological polar surface area (TPSA) is 82.5 Å². The normalized spacial score (nSPS) is 12.7. The molecule has 0 saturated carbocycles. The molecule has 6 nitrogen and oxygen atoms in total. The summed E-state index contributed by atoms with van der Waals surface area (Å²) in [6.07, 6.45) is 5.35. The Morgan fingerprint density at radius 2 is 1.94 bits per heavy atom. The highest BCUT2D eigenvalue weighted by atomic mass is 15.4. The zero-order valence-corrected chi connectivity index (χ0v) is 11.0. The van der Waals surface area contributed by atoms with Gasteiger partial charge < -0.3 is 5.73 Å². The van der Waals surface area contributed by atoms with Crippen molar-refractivity contribution < 1.29 is 0 Å². The number of aromatic nitrogens is 5. The van der Waals surface area contributed by atoms with Crippen molar-refractivity contribution in [2.45, 2.75) is 39.7 Å². The van der Waals surface area contributed by atoms with Gasteiger partial charge in [-0.15, -0.1) is 5.10 Å². The van der Waals surface area contributed by atoms with Crippen LogP contribution in [0.4, 0.5) is 0 Å². The number of rotatable bonds is 4. The van der Waals surface area contributed by atoms with Crippen LogP contribution >= 0.6 is 0 Å². The quantitative estimate of drug-likeness (QED) is 0.868. The maximum Gasteiger partial charge on any atom is 0.252 e. The highest BCUT2D eigenvalue weighted by Gasteiger charge is 2.08. The lowest BCUT2D eigenvalue weighted by molar-refractivity contribution is 0.641. The molecule has 18 heavy (non-hydrogen) atoms. The molecule has 1 atom stereocenters. The molecule has 0 amide bonds. The Kier molecular flexibility index (Phi) is 3.66. The third-order valence-electron chi connectivity index (χ3n) is 2.78. The first-order valence-corrected chi connectivity index (χ1v) is 6.07. The van der Waals surface area contributed by atoms with Crippen LogP contribution in [0.5, 0.6) is 0 Å². The molecule has 6 heteroatoms. The monoisotopic (exact) mass is 246 g/mol. The average Bonchev–Trinajstić information content (AvgIpc) is 2.69. The van der Waals surface area contributed by atoms with E-state index in [1.807, 2.05) is 13.8 Å². The molecule has 2 heterocycles. The molecule has 2 aromatic rings. The molecule has 0 spiro atoms. The fourth-order valence-corrected chi connectivity index (χ4v) is 1.72. The van der Waals surface area contributed by atoms with Gasteiger partial charge in [0.15, 0.2) is 0 Å². The van der Waals surface area contributed by atoms with Crippen LogP contribution in [0.1, 0.15) is 30.6 Å². The Balaban J connectivity index is 2.19. The Morgan fingerprint density at radius 1 is 1.28 bits per heavy atom. The summed E-state index contributed by atoms with van der Waals surface area (Å²) in [6.45, 7) is 5.80. The van der Waals surface area contributed by atoms with E-state index in [2.05, 4.69) is 27.0 Å². The molecule has 2 aromatic heterocycles. The van der Waals surface area contributed by atoms with Crippen LogP contribution in [-0.2, 0) is 6.42 Å². The van der Waals surface area contributed by atoms with Crippen LogP contribution < -0.4 is 5.73 Å². The first-order chi connectivity index (χ1) is 8.60. The van der Waals surface area contributed by atoms with Crippen molar-refractivity contribution in [2.75, 3.05) is 0 Å². The second-order valence-corrected chi connectivity index (χ2v) is 4.38. The van der Waals surface area contributed by atoms with Gasteiger partial charge in [-0.3, -0.25) is 0 Å². The van der Waals surface area contributed by atoms with Crippen LogP contribution in [0.15, 0.2) is 12.4 Å². The fraction of sp³-hybridized carbons (Fsp3) is 0.500. The number of hydrogen-bond donors (Lipinski definition) is 1. The molecule has 0 saturated heterocycles. The minimum Gasteiger partial charge on any atom is -0.327 e. The lowest BCUT2D eigenvalue weighted by atomic mass is 10.1. The molecule has 1 unspecified atom stereocenters. The van der Waals surface area contributed by atoms with E-state index >= 15 is 0 Å². The second kappa shape index (κ2) is 5.22. The van der Waals surface area contributed by atoms with Crippen LogP contribution in [0.3, 0.4) is 0 Å². The number of nitrogens with two attached hydrogens (primary N) is 1. The maximum atomic E-state index is 5.90. The van der Waals surface area contributed by atoms with Gasteiger partial charge in [-0.05, 0) is 32.3 Å². The van der Waals surface area contributed by atoms with Crippen LogP contribution in [0, 0.1) is 13.8 Å². The highest BCUT2D eigenvalue weighted by Crippen LogP contribution is 2.06. The van der Waals surface area contributed by atoms with E-state index in [1.165, 1.54) is 0 Å². The van der Waals surface area contributed by atoms with Gasteiger partial charge in [-0.1, -0.05) is 6.92 Å². The molecule has 0 aliphatic rings. The number of aryl methyl sites for hydroxylation is 2. The van der Waals surface area contributed by atoms with Gasteiger partial charge in [0.2, 0.25) is 0 Å². The van der Waals surface area contributed by atoms with Crippen molar-refractivity contribution in [1.29, 1.82) is 0 Å².